The van der Waals surface area contributed by atoms with E-state index in [4.69, 9.17) is 10.5 Å². The smallest absolute Gasteiger partial charge is 0.146 e. The number of nitrogen functional groups attached to an aromatic ring is 1. The van der Waals surface area contributed by atoms with Gasteiger partial charge in [0.2, 0.25) is 0 Å². The minimum Gasteiger partial charge on any atom is -0.487 e. The second-order valence-corrected chi connectivity index (χ2v) is 5.01. The van der Waals surface area contributed by atoms with E-state index in [1.165, 1.54) is 12.1 Å². The maximum Gasteiger partial charge on any atom is 0.146 e. The average molecular weight is 328 g/mol. The number of anilines is 1. The summed E-state index contributed by atoms with van der Waals surface area (Å²) in [4.78, 5) is 0. The van der Waals surface area contributed by atoms with Crippen LogP contribution in [0.25, 0.3) is 0 Å². The van der Waals surface area contributed by atoms with Gasteiger partial charge in [-0.3, -0.25) is 0 Å². The fraction of sp³-hybridized carbons (Fsp3) is 0.143. The molecule has 2 nitrogen and oxygen atoms in total. The van der Waals surface area contributed by atoms with E-state index in [-0.39, 0.29) is 16.6 Å². The second-order valence-electron chi connectivity index (χ2n) is 4.15. The summed E-state index contributed by atoms with van der Waals surface area (Å²) in [5.41, 5.74) is 7.07. The number of ether oxygens (including phenoxy) is 1. The van der Waals surface area contributed by atoms with Gasteiger partial charge < -0.3 is 10.5 Å². The van der Waals surface area contributed by atoms with Gasteiger partial charge in [-0.05, 0) is 52.7 Å². The lowest BCUT2D eigenvalue weighted by atomic mass is 10.2. The Labute approximate surface area is 118 Å². The van der Waals surface area contributed by atoms with Crippen LogP contribution in [-0.2, 0) is 6.61 Å². The molecule has 2 aromatic rings. The molecule has 2 rings (SSSR count). The summed E-state index contributed by atoms with van der Waals surface area (Å²) in [5, 5.41) is 0. The molecule has 0 radical (unpaired) electrons. The van der Waals surface area contributed by atoms with Gasteiger partial charge in [0.05, 0.1) is 15.7 Å². The van der Waals surface area contributed by atoms with E-state index >= 15 is 0 Å². The van der Waals surface area contributed by atoms with Crippen LogP contribution in [0.1, 0.15) is 11.1 Å². The second kappa shape index (κ2) is 5.57. The van der Waals surface area contributed by atoms with Crippen molar-refractivity contribution in [1.29, 1.82) is 0 Å². The number of nitrogens with two attached hydrogens (primary N) is 1. The van der Waals surface area contributed by atoms with Crippen molar-refractivity contribution in [2.45, 2.75) is 13.5 Å². The minimum absolute atomic E-state index is 0.130. The third-order valence-electron chi connectivity index (χ3n) is 2.68. The first-order valence-electron chi connectivity index (χ1n) is 5.60. The van der Waals surface area contributed by atoms with Crippen molar-refractivity contribution in [2.75, 3.05) is 5.73 Å². The van der Waals surface area contributed by atoms with Crippen LogP contribution in [0.5, 0.6) is 5.75 Å². The Morgan fingerprint density at radius 1 is 1.21 bits per heavy atom. The van der Waals surface area contributed by atoms with Crippen molar-refractivity contribution < 1.29 is 13.5 Å². The molecular formula is C14H12BrF2NO. The van der Waals surface area contributed by atoms with Crippen molar-refractivity contribution in [1.82, 2.24) is 0 Å². The van der Waals surface area contributed by atoms with Gasteiger partial charge in [0.25, 0.3) is 0 Å². The fourth-order valence-electron chi connectivity index (χ4n) is 1.65. The predicted octanol–water partition coefficient (Wildman–Crippen LogP) is 4.20. The summed E-state index contributed by atoms with van der Waals surface area (Å²) in [6.07, 6.45) is 0. The minimum atomic E-state index is -0.661. The quantitative estimate of drug-likeness (QED) is 0.677. The van der Waals surface area contributed by atoms with Crippen molar-refractivity contribution in [3.05, 3.63) is 57.6 Å². The molecule has 0 aliphatic heterocycles. The van der Waals surface area contributed by atoms with Crippen molar-refractivity contribution in [3.63, 3.8) is 0 Å². The zero-order chi connectivity index (χ0) is 14.0. The molecule has 0 bridgehead atoms. The van der Waals surface area contributed by atoms with E-state index in [2.05, 4.69) is 15.9 Å². The molecule has 0 aliphatic rings. The number of rotatable bonds is 3. The van der Waals surface area contributed by atoms with Crippen LogP contribution >= 0.6 is 15.9 Å². The monoisotopic (exact) mass is 327 g/mol. The summed E-state index contributed by atoms with van der Waals surface area (Å²) in [5.74, 6) is -0.901. The number of halogens is 3. The molecule has 0 unspecified atom stereocenters. The normalized spacial score (nSPS) is 10.5. The van der Waals surface area contributed by atoms with Crippen molar-refractivity contribution >= 4 is 21.6 Å². The van der Waals surface area contributed by atoms with Crippen molar-refractivity contribution in [3.8, 4) is 5.75 Å². The molecule has 0 atom stereocenters. The van der Waals surface area contributed by atoms with Gasteiger partial charge in [0, 0.05) is 0 Å². The van der Waals surface area contributed by atoms with Gasteiger partial charge in [-0.15, -0.1) is 0 Å². The fourth-order valence-corrected chi connectivity index (χ4v) is 2.02. The maximum atomic E-state index is 13.7. The van der Waals surface area contributed by atoms with E-state index in [0.717, 1.165) is 5.56 Å². The van der Waals surface area contributed by atoms with Gasteiger partial charge in [0.1, 0.15) is 24.0 Å². The van der Waals surface area contributed by atoms with Crippen LogP contribution in [-0.4, -0.2) is 0 Å². The molecule has 0 heterocycles. The molecule has 0 saturated heterocycles. The highest BCUT2D eigenvalue weighted by atomic mass is 79.9. The Hall–Kier alpha value is -1.62. The maximum absolute atomic E-state index is 13.7. The summed E-state index contributed by atoms with van der Waals surface area (Å²) in [6.45, 7) is 1.68. The van der Waals surface area contributed by atoms with Crippen LogP contribution in [0.15, 0.2) is 34.8 Å². The molecule has 0 fully saturated rings. The molecule has 0 aliphatic carbocycles. The molecule has 100 valence electrons. The first-order valence-corrected chi connectivity index (χ1v) is 6.39. The SMILES string of the molecule is Cc1ccc(OCc2c(F)ccc(Br)c2F)c(N)c1. The van der Waals surface area contributed by atoms with Crippen LogP contribution in [0.4, 0.5) is 14.5 Å². The van der Waals surface area contributed by atoms with E-state index in [9.17, 15) is 8.78 Å². The van der Waals surface area contributed by atoms with Gasteiger partial charge in [-0.1, -0.05) is 6.07 Å². The predicted molar refractivity (Wildman–Crippen MR) is 74.0 cm³/mol. The van der Waals surface area contributed by atoms with Gasteiger partial charge in [-0.25, -0.2) is 8.78 Å². The molecule has 2 N–H and O–H groups in total. The van der Waals surface area contributed by atoms with Crippen molar-refractivity contribution in [2.24, 2.45) is 0 Å². The molecule has 0 aromatic heterocycles. The van der Waals surface area contributed by atoms with E-state index in [1.54, 1.807) is 12.1 Å². The largest absolute Gasteiger partial charge is 0.487 e. The van der Waals surface area contributed by atoms with Gasteiger partial charge in [-0.2, -0.15) is 0 Å². The molecule has 19 heavy (non-hydrogen) atoms. The Balaban J connectivity index is 2.21. The lowest BCUT2D eigenvalue weighted by Gasteiger charge is -2.11. The van der Waals surface area contributed by atoms with E-state index < -0.39 is 11.6 Å². The third-order valence-corrected chi connectivity index (χ3v) is 3.29. The zero-order valence-electron chi connectivity index (χ0n) is 10.2. The lowest BCUT2D eigenvalue weighted by molar-refractivity contribution is 0.293. The van der Waals surface area contributed by atoms with E-state index in [0.29, 0.717) is 11.4 Å². The Morgan fingerprint density at radius 3 is 2.63 bits per heavy atom. The molecule has 2 aromatic carbocycles. The van der Waals surface area contributed by atoms with Crippen LogP contribution < -0.4 is 10.5 Å². The third kappa shape index (κ3) is 3.04. The summed E-state index contributed by atoms with van der Waals surface area (Å²) in [7, 11) is 0. The lowest BCUT2D eigenvalue weighted by Crippen LogP contribution is -2.04. The first kappa shape index (κ1) is 13.8. The highest BCUT2D eigenvalue weighted by Crippen LogP contribution is 2.26. The summed E-state index contributed by atoms with van der Waals surface area (Å²) < 4.78 is 32.8. The molecule has 0 saturated carbocycles. The highest BCUT2D eigenvalue weighted by molar-refractivity contribution is 9.10. The number of hydrogen-bond donors (Lipinski definition) is 1. The molecule has 0 amide bonds. The zero-order valence-corrected chi connectivity index (χ0v) is 11.8. The Morgan fingerprint density at radius 2 is 1.95 bits per heavy atom. The molecule has 0 spiro atoms. The Kier molecular flexibility index (Phi) is 4.04. The summed E-state index contributed by atoms with van der Waals surface area (Å²) >= 11 is 3.01. The number of aryl methyl sites for hydroxylation is 1. The van der Waals surface area contributed by atoms with Gasteiger partial charge in [0.15, 0.2) is 0 Å². The Bertz CT molecular complexity index is 617. The summed E-state index contributed by atoms with van der Waals surface area (Å²) in [6, 6.07) is 7.74. The number of benzene rings is 2. The molecular weight excluding hydrogens is 316 g/mol. The van der Waals surface area contributed by atoms with E-state index in [1.807, 2.05) is 13.0 Å². The molecule has 5 heteroatoms. The van der Waals surface area contributed by atoms with Gasteiger partial charge >= 0.3 is 0 Å². The number of hydrogen-bond acceptors (Lipinski definition) is 2. The first-order chi connectivity index (χ1) is 8.99. The topological polar surface area (TPSA) is 35.2 Å². The van der Waals surface area contributed by atoms with Crippen LogP contribution in [0, 0.1) is 18.6 Å². The standard InChI is InChI=1S/C14H12BrF2NO/c1-8-2-5-13(12(18)6-8)19-7-9-11(16)4-3-10(15)14(9)17/h2-6H,7,18H2,1H3. The van der Waals surface area contributed by atoms with Crippen LogP contribution in [0.2, 0.25) is 0 Å². The average Bonchev–Trinajstić information content (AvgIpc) is 2.36. The highest BCUT2D eigenvalue weighted by Gasteiger charge is 2.13. The van der Waals surface area contributed by atoms with Crippen LogP contribution in [0.3, 0.4) is 0 Å².